The van der Waals surface area contributed by atoms with Gasteiger partial charge in [0.05, 0.1) is 12.5 Å². The molecule has 2 unspecified atom stereocenters. The number of nitrogens with zero attached hydrogens (tertiary/aromatic N) is 2. The number of hydrogen-bond donors (Lipinski definition) is 1. The smallest absolute Gasteiger partial charge is 0.234 e. The minimum atomic E-state index is 0.0474. The lowest BCUT2D eigenvalue weighted by Gasteiger charge is -2.29. The molecule has 5 rings (SSSR count). The molecule has 2 aromatic heterocycles. The van der Waals surface area contributed by atoms with E-state index in [4.69, 9.17) is 9.51 Å². The zero-order valence-electron chi connectivity index (χ0n) is 17.7. The Hall–Kier alpha value is -3.15. The van der Waals surface area contributed by atoms with Gasteiger partial charge in [-0.3, -0.25) is 0 Å². The Labute approximate surface area is 186 Å². The first-order chi connectivity index (χ1) is 15.2. The Morgan fingerprint density at radius 1 is 1.03 bits per heavy atom. The molecule has 4 aromatic rings. The van der Waals surface area contributed by atoms with Crippen molar-refractivity contribution in [2.75, 3.05) is 0 Å². The molecule has 3 heterocycles. The number of aryl methyl sites for hydroxylation is 2. The Morgan fingerprint density at radius 3 is 2.52 bits per heavy atom. The van der Waals surface area contributed by atoms with E-state index in [0.29, 0.717) is 11.7 Å². The number of quaternary nitrogens is 1. The highest BCUT2D eigenvalue weighted by Crippen LogP contribution is 2.31. The van der Waals surface area contributed by atoms with E-state index in [1.54, 1.807) is 11.3 Å². The van der Waals surface area contributed by atoms with E-state index >= 15 is 0 Å². The average Bonchev–Trinajstić information content (AvgIpc) is 3.45. The van der Waals surface area contributed by atoms with Gasteiger partial charge in [-0.1, -0.05) is 60.4 Å². The summed E-state index contributed by atoms with van der Waals surface area (Å²) in [6.07, 6.45) is 5.06. The highest BCUT2D eigenvalue weighted by atomic mass is 32.1. The summed E-state index contributed by atoms with van der Waals surface area (Å²) in [6.45, 7) is 7.42. The van der Waals surface area contributed by atoms with E-state index in [9.17, 15) is 0 Å². The van der Waals surface area contributed by atoms with E-state index in [-0.39, 0.29) is 5.92 Å². The van der Waals surface area contributed by atoms with Crippen LogP contribution < -0.4 is 4.90 Å². The topological polar surface area (TPSA) is 43.4 Å². The molecule has 0 saturated heterocycles. The average molecular weight is 428 g/mol. The van der Waals surface area contributed by atoms with Crippen molar-refractivity contribution in [3.8, 4) is 11.4 Å². The van der Waals surface area contributed by atoms with E-state index in [1.165, 1.54) is 32.7 Å². The molecule has 1 N–H and O–H groups in total. The van der Waals surface area contributed by atoms with Gasteiger partial charge < -0.3 is 9.42 Å². The normalized spacial score (nSPS) is 16.0. The zero-order valence-corrected chi connectivity index (χ0v) is 18.5. The summed E-state index contributed by atoms with van der Waals surface area (Å²) in [4.78, 5) is 6.16. The van der Waals surface area contributed by atoms with Gasteiger partial charge in [0.1, 0.15) is 0 Å². The second-order valence-corrected chi connectivity index (χ2v) is 8.94. The minimum Gasteiger partial charge on any atom is -0.421 e. The van der Waals surface area contributed by atoms with Gasteiger partial charge in [0.15, 0.2) is 0 Å². The number of benzene rings is 2. The molecule has 0 aliphatic carbocycles. The second kappa shape index (κ2) is 8.53. The molecule has 1 aliphatic heterocycles. The Kier molecular flexibility index (Phi) is 5.45. The third kappa shape index (κ3) is 4.33. The molecule has 0 saturated carbocycles. The van der Waals surface area contributed by atoms with Crippen LogP contribution >= 0.6 is 11.3 Å². The van der Waals surface area contributed by atoms with Crippen LogP contribution in [0, 0.1) is 20.4 Å². The van der Waals surface area contributed by atoms with Crippen molar-refractivity contribution < 1.29 is 9.42 Å². The molecule has 156 valence electrons. The van der Waals surface area contributed by atoms with Crippen LogP contribution in [0.1, 0.15) is 39.6 Å². The third-order valence-corrected chi connectivity index (χ3v) is 6.64. The molecule has 31 heavy (non-hydrogen) atoms. The number of aromatic nitrogens is 2. The summed E-state index contributed by atoms with van der Waals surface area (Å²) in [5.74, 6) is 1.36. The Bertz CT molecular complexity index is 1190. The number of hydrogen-bond acceptors (Lipinski definition) is 4. The molecular weight excluding hydrogens is 402 g/mol. The van der Waals surface area contributed by atoms with Crippen molar-refractivity contribution in [3.63, 3.8) is 0 Å². The monoisotopic (exact) mass is 427 g/mol. The summed E-state index contributed by atoms with van der Waals surface area (Å²) < 4.78 is 5.78. The Morgan fingerprint density at radius 2 is 1.84 bits per heavy atom. The predicted octanol–water partition coefficient (Wildman–Crippen LogP) is 4.86. The molecule has 5 heteroatoms. The molecule has 0 radical (unpaired) electrons. The maximum absolute atomic E-state index is 5.78. The molecule has 2 aromatic carbocycles. The standard InChI is InChI=1S/C26H25N3OS/c1-18-4-5-21(14-19(18)2)15-24(23-10-13-31-17-23)26-27-25(28-30-26)22-8-6-20(7-9-22)16-29-11-3-12-29/h3-14,17,24,29H,15-16H2,1-2H3. The van der Waals surface area contributed by atoms with Crippen LogP contribution in [0.2, 0.25) is 0 Å². The van der Waals surface area contributed by atoms with Gasteiger partial charge in [0.2, 0.25) is 11.7 Å². The first-order valence-electron chi connectivity index (χ1n) is 10.5. The number of nitrogens with one attached hydrogen (secondary N) is 1. The molecule has 0 bridgehead atoms. The highest BCUT2D eigenvalue weighted by Gasteiger charge is 2.23. The lowest BCUT2D eigenvalue weighted by molar-refractivity contribution is -0.840. The molecule has 0 spiro atoms. The molecular formula is C26H25N3OS. The van der Waals surface area contributed by atoms with Gasteiger partial charge in [-0.15, -0.1) is 6.08 Å². The van der Waals surface area contributed by atoms with Crippen LogP contribution in [0.5, 0.6) is 0 Å². The SMILES string of the molecule is Cc1ccc(CC(c2ccsc2)c2nc(-c3ccc(C[NH+]4C=C[CH-]4)cc3)no2)cc1C. The summed E-state index contributed by atoms with van der Waals surface area (Å²) in [7, 11) is 0. The van der Waals surface area contributed by atoms with E-state index in [0.717, 1.165) is 18.5 Å². The van der Waals surface area contributed by atoms with Gasteiger partial charge >= 0.3 is 0 Å². The lowest BCUT2D eigenvalue weighted by atomic mass is 9.92. The first-order valence-corrected chi connectivity index (χ1v) is 11.5. The van der Waals surface area contributed by atoms with Crippen LogP contribution in [-0.2, 0) is 13.0 Å². The molecule has 2 atom stereocenters. The number of thiophene rings is 1. The van der Waals surface area contributed by atoms with E-state index in [2.05, 4.69) is 97.1 Å². The highest BCUT2D eigenvalue weighted by molar-refractivity contribution is 7.08. The summed E-state index contributed by atoms with van der Waals surface area (Å²) in [5.41, 5.74) is 7.38. The van der Waals surface area contributed by atoms with Crippen molar-refractivity contribution in [2.45, 2.75) is 32.7 Å². The van der Waals surface area contributed by atoms with Gasteiger partial charge in [-0.05, 0) is 59.3 Å². The summed E-state index contributed by atoms with van der Waals surface area (Å²) >= 11 is 1.70. The molecule has 4 nitrogen and oxygen atoms in total. The van der Waals surface area contributed by atoms with Crippen molar-refractivity contribution in [3.05, 3.63) is 112 Å². The van der Waals surface area contributed by atoms with Crippen molar-refractivity contribution >= 4 is 11.3 Å². The minimum absolute atomic E-state index is 0.0474. The van der Waals surface area contributed by atoms with Crippen LogP contribution in [0.15, 0.2) is 76.1 Å². The fourth-order valence-corrected chi connectivity index (χ4v) is 4.55. The first kappa shape index (κ1) is 19.8. The van der Waals surface area contributed by atoms with Crippen LogP contribution in [-0.4, -0.2) is 10.1 Å². The second-order valence-electron chi connectivity index (χ2n) is 8.16. The third-order valence-electron chi connectivity index (χ3n) is 5.94. The van der Waals surface area contributed by atoms with Crippen LogP contribution in [0.4, 0.5) is 0 Å². The van der Waals surface area contributed by atoms with Crippen LogP contribution in [0.25, 0.3) is 11.4 Å². The fourth-order valence-electron chi connectivity index (χ4n) is 3.84. The van der Waals surface area contributed by atoms with E-state index in [1.807, 2.05) is 0 Å². The quantitative estimate of drug-likeness (QED) is 0.428. The predicted molar refractivity (Wildman–Crippen MR) is 124 cm³/mol. The van der Waals surface area contributed by atoms with Crippen molar-refractivity contribution in [1.29, 1.82) is 0 Å². The molecule has 1 aliphatic rings. The largest absolute Gasteiger partial charge is 0.421 e. The maximum Gasteiger partial charge on any atom is 0.234 e. The van der Waals surface area contributed by atoms with E-state index < -0.39 is 0 Å². The Balaban J connectivity index is 1.39. The summed E-state index contributed by atoms with van der Waals surface area (Å²) in [5, 5.41) is 8.58. The fraction of sp³-hybridized carbons (Fsp3) is 0.192. The van der Waals surface area contributed by atoms with Gasteiger partial charge in [0, 0.05) is 11.1 Å². The summed E-state index contributed by atoms with van der Waals surface area (Å²) in [6, 6.07) is 17.2. The van der Waals surface area contributed by atoms with Crippen molar-refractivity contribution in [1.82, 2.24) is 10.1 Å². The van der Waals surface area contributed by atoms with Crippen LogP contribution in [0.3, 0.4) is 0 Å². The lowest BCUT2D eigenvalue weighted by Crippen LogP contribution is -3.06. The molecule has 0 amide bonds. The number of rotatable bonds is 7. The van der Waals surface area contributed by atoms with Gasteiger partial charge in [0.25, 0.3) is 0 Å². The van der Waals surface area contributed by atoms with Gasteiger partial charge in [-0.2, -0.15) is 16.3 Å². The van der Waals surface area contributed by atoms with Gasteiger partial charge in [-0.25, -0.2) is 0 Å². The zero-order chi connectivity index (χ0) is 21.2. The molecule has 0 fully saturated rings. The van der Waals surface area contributed by atoms with Crippen molar-refractivity contribution in [2.24, 2.45) is 0 Å². The maximum atomic E-state index is 5.78.